The summed E-state index contributed by atoms with van der Waals surface area (Å²) in [5.41, 5.74) is 4.78. The molecular weight excluding hydrogens is 206 g/mol. The number of hydrogen-bond acceptors (Lipinski definition) is 1. The molecule has 1 aromatic carbocycles. The predicted molar refractivity (Wildman–Crippen MR) is 74.6 cm³/mol. The van der Waals surface area contributed by atoms with E-state index < -0.39 is 0 Å². The first kappa shape index (κ1) is 12.6. The van der Waals surface area contributed by atoms with Crippen molar-refractivity contribution in [3.8, 4) is 0 Å². The number of nitrogens with one attached hydrogen (secondary N) is 1. The maximum atomic E-state index is 3.20. The second kappa shape index (κ2) is 6.80. The fraction of sp³-hybridized carbons (Fsp3) is 0.625. The molecule has 1 aromatic rings. The Hall–Kier alpha value is -0.820. The van der Waals surface area contributed by atoms with Gasteiger partial charge in [0.15, 0.2) is 0 Å². The van der Waals surface area contributed by atoms with E-state index in [0.717, 1.165) is 0 Å². The number of benzene rings is 1. The zero-order valence-corrected chi connectivity index (χ0v) is 11.1. The third-order valence-corrected chi connectivity index (χ3v) is 3.81. The molecule has 1 heteroatoms. The largest absolute Gasteiger partial charge is 0.320 e. The van der Waals surface area contributed by atoms with Crippen LogP contribution < -0.4 is 5.32 Å². The van der Waals surface area contributed by atoms with Gasteiger partial charge in [-0.1, -0.05) is 31.0 Å². The molecule has 1 aliphatic rings. The van der Waals surface area contributed by atoms with Crippen LogP contribution in [0.3, 0.4) is 0 Å². The van der Waals surface area contributed by atoms with Crippen LogP contribution in [0.2, 0.25) is 0 Å². The average molecular weight is 231 g/mol. The minimum Gasteiger partial charge on any atom is -0.320 e. The summed E-state index contributed by atoms with van der Waals surface area (Å²) in [6.07, 6.45) is 10.7. The molecule has 2 rings (SSSR count). The Kier molecular flexibility index (Phi) is 5.06. The molecule has 0 heterocycles. The molecule has 94 valence electrons. The first-order chi connectivity index (χ1) is 8.40. The quantitative estimate of drug-likeness (QED) is 0.708. The molecule has 0 saturated heterocycles. The van der Waals surface area contributed by atoms with Crippen molar-refractivity contribution in [2.45, 2.75) is 51.4 Å². The summed E-state index contributed by atoms with van der Waals surface area (Å²) in [6, 6.07) is 7.16. The van der Waals surface area contributed by atoms with Gasteiger partial charge in [-0.3, -0.25) is 0 Å². The summed E-state index contributed by atoms with van der Waals surface area (Å²) >= 11 is 0. The van der Waals surface area contributed by atoms with Gasteiger partial charge in [0.1, 0.15) is 0 Å². The van der Waals surface area contributed by atoms with Crippen molar-refractivity contribution in [3.63, 3.8) is 0 Å². The summed E-state index contributed by atoms with van der Waals surface area (Å²) in [6.45, 7) is 1.17. The van der Waals surface area contributed by atoms with Crippen LogP contribution in [0.25, 0.3) is 0 Å². The van der Waals surface area contributed by atoms with Crippen molar-refractivity contribution in [3.05, 3.63) is 34.9 Å². The lowest BCUT2D eigenvalue weighted by atomic mass is 10.0. The summed E-state index contributed by atoms with van der Waals surface area (Å²) in [7, 11) is 2.03. The van der Waals surface area contributed by atoms with E-state index in [0.29, 0.717) is 0 Å². The summed E-state index contributed by atoms with van der Waals surface area (Å²) in [4.78, 5) is 0. The highest BCUT2D eigenvalue weighted by molar-refractivity contribution is 5.35. The van der Waals surface area contributed by atoms with Crippen LogP contribution in [0.15, 0.2) is 18.2 Å². The normalized spacial score (nSPS) is 13.9. The summed E-state index contributed by atoms with van der Waals surface area (Å²) < 4.78 is 0. The Balaban J connectivity index is 1.69. The molecule has 0 saturated carbocycles. The first-order valence-electron chi connectivity index (χ1n) is 7.15. The van der Waals surface area contributed by atoms with Crippen LogP contribution in [0.4, 0.5) is 0 Å². The third kappa shape index (κ3) is 3.85. The Labute approximate surface area is 106 Å². The van der Waals surface area contributed by atoms with E-state index in [9.17, 15) is 0 Å². The van der Waals surface area contributed by atoms with Crippen molar-refractivity contribution in [2.24, 2.45) is 0 Å². The van der Waals surface area contributed by atoms with Crippen LogP contribution in [-0.2, 0) is 19.3 Å². The van der Waals surface area contributed by atoms with E-state index in [1.807, 2.05) is 7.05 Å². The van der Waals surface area contributed by atoms with E-state index in [1.165, 1.54) is 57.9 Å². The highest BCUT2D eigenvalue weighted by Gasteiger charge is 2.10. The van der Waals surface area contributed by atoms with Crippen molar-refractivity contribution in [1.82, 2.24) is 5.32 Å². The van der Waals surface area contributed by atoms with E-state index >= 15 is 0 Å². The lowest BCUT2D eigenvalue weighted by Crippen LogP contribution is -2.06. The predicted octanol–water partition coefficient (Wildman–Crippen LogP) is 3.50. The van der Waals surface area contributed by atoms with Gasteiger partial charge in [0, 0.05) is 0 Å². The number of fused-ring (bicyclic) bond motifs is 1. The Bertz CT molecular complexity index is 343. The molecule has 1 nitrogen and oxygen atoms in total. The first-order valence-corrected chi connectivity index (χ1v) is 7.15. The molecule has 0 fully saturated rings. The molecule has 0 spiro atoms. The zero-order chi connectivity index (χ0) is 11.9. The lowest BCUT2D eigenvalue weighted by Gasteiger charge is -2.05. The van der Waals surface area contributed by atoms with E-state index in [2.05, 4.69) is 23.5 Å². The van der Waals surface area contributed by atoms with Crippen molar-refractivity contribution in [2.75, 3.05) is 13.6 Å². The van der Waals surface area contributed by atoms with Crippen LogP contribution in [-0.4, -0.2) is 13.6 Å². The van der Waals surface area contributed by atoms with Gasteiger partial charge in [0.2, 0.25) is 0 Å². The van der Waals surface area contributed by atoms with Gasteiger partial charge < -0.3 is 5.32 Å². The van der Waals surface area contributed by atoms with E-state index in [-0.39, 0.29) is 0 Å². The third-order valence-electron chi connectivity index (χ3n) is 3.81. The van der Waals surface area contributed by atoms with E-state index in [4.69, 9.17) is 0 Å². The van der Waals surface area contributed by atoms with E-state index in [1.54, 1.807) is 16.7 Å². The minimum atomic E-state index is 1.17. The smallest absolute Gasteiger partial charge is 0.00519 e. The highest BCUT2D eigenvalue weighted by atomic mass is 14.8. The van der Waals surface area contributed by atoms with Crippen LogP contribution in [0.5, 0.6) is 0 Å². The monoisotopic (exact) mass is 231 g/mol. The number of aryl methyl sites for hydroxylation is 3. The molecule has 0 bridgehead atoms. The van der Waals surface area contributed by atoms with Crippen LogP contribution in [0.1, 0.15) is 48.8 Å². The lowest BCUT2D eigenvalue weighted by molar-refractivity contribution is 0.616. The highest BCUT2D eigenvalue weighted by Crippen LogP contribution is 2.23. The molecule has 0 aliphatic heterocycles. The summed E-state index contributed by atoms with van der Waals surface area (Å²) in [5, 5.41) is 3.20. The number of rotatable bonds is 7. The van der Waals surface area contributed by atoms with Crippen molar-refractivity contribution >= 4 is 0 Å². The molecule has 0 radical (unpaired) electrons. The fourth-order valence-electron chi connectivity index (χ4n) is 2.77. The molecule has 0 aromatic heterocycles. The van der Waals surface area contributed by atoms with Crippen molar-refractivity contribution in [1.29, 1.82) is 0 Å². The van der Waals surface area contributed by atoms with Gasteiger partial charge in [-0.25, -0.2) is 0 Å². The molecule has 0 unspecified atom stereocenters. The fourth-order valence-corrected chi connectivity index (χ4v) is 2.77. The topological polar surface area (TPSA) is 12.0 Å². The van der Waals surface area contributed by atoms with Gasteiger partial charge in [-0.05, 0) is 68.8 Å². The SMILES string of the molecule is CNCCCCCCc1ccc2c(c1)CCC2. The van der Waals surface area contributed by atoms with Crippen LogP contribution in [0, 0.1) is 0 Å². The standard InChI is InChI=1S/C16H25N/c1-17-12-5-3-2-4-7-14-10-11-15-8-6-9-16(15)13-14/h10-11,13,17H,2-9,12H2,1H3. The molecule has 1 aliphatic carbocycles. The van der Waals surface area contributed by atoms with Gasteiger partial charge >= 0.3 is 0 Å². The van der Waals surface area contributed by atoms with Gasteiger partial charge in [0.05, 0.1) is 0 Å². The minimum absolute atomic E-state index is 1.17. The Morgan fingerprint density at radius 1 is 1.00 bits per heavy atom. The second-order valence-corrected chi connectivity index (χ2v) is 5.22. The molecule has 1 N–H and O–H groups in total. The van der Waals surface area contributed by atoms with Gasteiger partial charge in [-0.15, -0.1) is 0 Å². The average Bonchev–Trinajstić information content (AvgIpc) is 2.81. The van der Waals surface area contributed by atoms with Crippen molar-refractivity contribution < 1.29 is 0 Å². The molecule has 17 heavy (non-hydrogen) atoms. The number of hydrogen-bond donors (Lipinski definition) is 1. The number of unbranched alkanes of at least 4 members (excludes halogenated alkanes) is 3. The molecule has 0 amide bonds. The van der Waals surface area contributed by atoms with Gasteiger partial charge in [0.25, 0.3) is 0 Å². The summed E-state index contributed by atoms with van der Waals surface area (Å²) in [5.74, 6) is 0. The Morgan fingerprint density at radius 2 is 1.82 bits per heavy atom. The molecular formula is C16H25N. The van der Waals surface area contributed by atoms with Crippen LogP contribution >= 0.6 is 0 Å². The zero-order valence-electron chi connectivity index (χ0n) is 11.1. The maximum Gasteiger partial charge on any atom is -0.00519 e. The molecule has 0 atom stereocenters. The van der Waals surface area contributed by atoms with Gasteiger partial charge in [-0.2, -0.15) is 0 Å². The Morgan fingerprint density at radius 3 is 2.71 bits per heavy atom. The second-order valence-electron chi connectivity index (χ2n) is 5.22. The maximum absolute atomic E-state index is 3.20.